The Kier molecular flexibility index (Phi) is 8.87. The van der Waals surface area contributed by atoms with Gasteiger partial charge < -0.3 is 30.1 Å². The highest BCUT2D eigenvalue weighted by Gasteiger charge is 2.40. The SMILES string of the molecule is CCN1CCN(C(=O)N[C@H](CCCC(=O)O)C(=O)C[C@H]2Cc3cccc(C(=O)O)c3OB2O)C(=O)C1=O. The predicted octanol–water partition coefficient (Wildman–Crippen LogP) is 0.153. The number of imide groups is 1. The van der Waals surface area contributed by atoms with E-state index in [1.807, 2.05) is 0 Å². The third-order valence-corrected chi connectivity index (χ3v) is 6.42. The van der Waals surface area contributed by atoms with Gasteiger partial charge in [0.05, 0.1) is 11.6 Å². The number of hydrogen-bond donors (Lipinski definition) is 4. The lowest BCUT2D eigenvalue weighted by Crippen LogP contribution is -2.59. The normalized spacial score (nSPS) is 18.1. The second-order valence-electron chi connectivity index (χ2n) is 8.87. The standard InChI is InChI=1S/C23H28BN3O10/c1-2-26-9-10-27(21(32)20(26)31)23(35)25-16(7-4-8-18(29)30)17(28)12-14-11-13-5-3-6-15(22(33)34)19(13)37-24(14)36/h3,5-6,14,16,36H,2,4,7-12H2,1H3,(H,25,35)(H,29,30)(H,33,34)/t14-,16-/m1/s1. The third-order valence-electron chi connectivity index (χ3n) is 6.42. The number of para-hydroxylation sites is 1. The number of nitrogens with zero attached hydrogens (tertiary/aromatic N) is 2. The number of aliphatic carboxylic acids is 1. The van der Waals surface area contributed by atoms with Crippen LogP contribution in [0.1, 0.15) is 48.5 Å². The zero-order valence-electron chi connectivity index (χ0n) is 20.2. The zero-order chi connectivity index (χ0) is 27.3. The van der Waals surface area contributed by atoms with Gasteiger partial charge >= 0.3 is 36.9 Å². The van der Waals surface area contributed by atoms with E-state index in [-0.39, 0.29) is 56.5 Å². The molecule has 4 N–H and O–H groups in total. The maximum absolute atomic E-state index is 13.2. The molecule has 0 radical (unpaired) electrons. The number of rotatable bonds is 10. The molecule has 2 atom stereocenters. The molecule has 198 valence electrons. The molecule has 1 saturated heterocycles. The number of carboxylic acid groups (broad SMARTS) is 2. The lowest BCUT2D eigenvalue weighted by molar-refractivity contribution is -0.153. The number of nitrogens with one attached hydrogen (secondary N) is 1. The monoisotopic (exact) mass is 517 g/mol. The predicted molar refractivity (Wildman–Crippen MR) is 127 cm³/mol. The maximum Gasteiger partial charge on any atom is 0.526 e. The summed E-state index contributed by atoms with van der Waals surface area (Å²) in [7, 11) is -1.49. The van der Waals surface area contributed by atoms with Crippen LogP contribution in [0, 0.1) is 0 Å². The van der Waals surface area contributed by atoms with Crippen molar-refractivity contribution in [3.8, 4) is 5.75 Å². The van der Waals surface area contributed by atoms with E-state index in [9.17, 15) is 38.9 Å². The molecular weight excluding hydrogens is 489 g/mol. The number of carbonyl (C=O) groups excluding carboxylic acids is 4. The largest absolute Gasteiger partial charge is 0.535 e. The molecule has 4 amide bonds. The van der Waals surface area contributed by atoms with Crippen molar-refractivity contribution in [3.63, 3.8) is 0 Å². The summed E-state index contributed by atoms with van der Waals surface area (Å²) < 4.78 is 5.42. The molecule has 0 aromatic heterocycles. The second kappa shape index (κ2) is 11.9. The van der Waals surface area contributed by atoms with E-state index in [1.54, 1.807) is 13.0 Å². The topological polar surface area (TPSA) is 191 Å². The number of hydrogen-bond acceptors (Lipinski definition) is 8. The molecule has 1 aromatic rings. The maximum atomic E-state index is 13.2. The molecule has 0 bridgehead atoms. The van der Waals surface area contributed by atoms with E-state index in [2.05, 4.69) is 5.32 Å². The Hall–Kier alpha value is -3.94. The molecule has 14 heteroatoms. The molecular formula is C23H28BN3O10. The van der Waals surface area contributed by atoms with Crippen molar-refractivity contribution in [1.29, 1.82) is 0 Å². The number of fused-ring (bicyclic) bond motifs is 1. The quantitative estimate of drug-likeness (QED) is 0.245. The minimum atomic E-state index is -1.49. The Bertz CT molecular complexity index is 1110. The molecule has 13 nitrogen and oxygen atoms in total. The molecule has 0 spiro atoms. The summed E-state index contributed by atoms with van der Waals surface area (Å²) in [5, 5.41) is 31.2. The van der Waals surface area contributed by atoms with E-state index in [4.69, 9.17) is 9.76 Å². The second-order valence-corrected chi connectivity index (χ2v) is 8.87. The first-order valence-electron chi connectivity index (χ1n) is 11.9. The summed E-state index contributed by atoms with van der Waals surface area (Å²) >= 11 is 0. The number of amides is 4. The fourth-order valence-electron chi connectivity index (χ4n) is 4.40. The number of Topliss-reactive ketones (excluding diaryl/α,β-unsaturated/α-hetero) is 1. The van der Waals surface area contributed by atoms with Gasteiger partial charge in [-0.2, -0.15) is 0 Å². The van der Waals surface area contributed by atoms with Crippen molar-refractivity contribution in [2.75, 3.05) is 19.6 Å². The van der Waals surface area contributed by atoms with Crippen molar-refractivity contribution in [2.24, 2.45) is 0 Å². The molecule has 3 rings (SSSR count). The first-order chi connectivity index (χ1) is 17.5. The lowest BCUT2D eigenvalue weighted by atomic mass is 9.64. The van der Waals surface area contributed by atoms with E-state index in [0.29, 0.717) is 17.0 Å². The molecule has 0 saturated carbocycles. The zero-order valence-corrected chi connectivity index (χ0v) is 20.2. The van der Waals surface area contributed by atoms with Crippen LogP contribution in [0.3, 0.4) is 0 Å². The molecule has 37 heavy (non-hydrogen) atoms. The summed E-state index contributed by atoms with van der Waals surface area (Å²) in [6.45, 7) is 2.09. The Morgan fingerprint density at radius 2 is 1.89 bits per heavy atom. The van der Waals surface area contributed by atoms with Gasteiger partial charge in [0.2, 0.25) is 0 Å². The van der Waals surface area contributed by atoms with Crippen LogP contribution in [0.15, 0.2) is 18.2 Å². The minimum Gasteiger partial charge on any atom is -0.535 e. The van der Waals surface area contributed by atoms with Gasteiger partial charge in [0.15, 0.2) is 5.78 Å². The summed E-state index contributed by atoms with van der Waals surface area (Å²) in [4.78, 5) is 74.9. The van der Waals surface area contributed by atoms with Crippen molar-refractivity contribution in [2.45, 2.75) is 50.9 Å². The summed E-state index contributed by atoms with van der Waals surface area (Å²) in [5.41, 5.74) is 0.370. The van der Waals surface area contributed by atoms with Gasteiger partial charge in [0.1, 0.15) is 5.75 Å². The van der Waals surface area contributed by atoms with Crippen LogP contribution >= 0.6 is 0 Å². The molecule has 2 aliphatic heterocycles. The number of aromatic carboxylic acids is 1. The Morgan fingerprint density at radius 3 is 2.54 bits per heavy atom. The summed E-state index contributed by atoms with van der Waals surface area (Å²) in [5.74, 6) is -5.45. The fourth-order valence-corrected chi connectivity index (χ4v) is 4.40. The molecule has 0 aliphatic carbocycles. The molecule has 1 aromatic carbocycles. The van der Waals surface area contributed by atoms with Crippen LogP contribution in [0.5, 0.6) is 5.75 Å². The van der Waals surface area contributed by atoms with Crippen molar-refractivity contribution >= 4 is 42.7 Å². The van der Waals surface area contributed by atoms with E-state index in [1.165, 1.54) is 17.0 Å². The number of urea groups is 1. The van der Waals surface area contributed by atoms with Gasteiger partial charge in [-0.3, -0.25) is 24.1 Å². The highest BCUT2D eigenvalue weighted by molar-refractivity contribution is 6.47. The first-order valence-corrected chi connectivity index (χ1v) is 11.9. The fraction of sp³-hybridized carbons (Fsp3) is 0.478. The number of ketones is 1. The molecule has 0 unspecified atom stereocenters. The van der Waals surface area contributed by atoms with E-state index >= 15 is 0 Å². The number of carbonyl (C=O) groups is 6. The van der Waals surface area contributed by atoms with Gasteiger partial charge in [0, 0.05) is 38.3 Å². The number of piperazine rings is 1. The Labute approximate surface area is 212 Å². The van der Waals surface area contributed by atoms with E-state index < -0.39 is 54.5 Å². The molecule has 2 aliphatic rings. The van der Waals surface area contributed by atoms with Gasteiger partial charge in [0.25, 0.3) is 0 Å². The smallest absolute Gasteiger partial charge is 0.526 e. The first kappa shape index (κ1) is 27.6. The van der Waals surface area contributed by atoms with Crippen LogP contribution in [0.4, 0.5) is 4.79 Å². The Balaban J connectivity index is 1.72. The van der Waals surface area contributed by atoms with Crippen molar-refractivity contribution in [1.82, 2.24) is 15.1 Å². The van der Waals surface area contributed by atoms with Crippen molar-refractivity contribution < 1.29 is 48.7 Å². The van der Waals surface area contributed by atoms with Crippen LogP contribution < -0.4 is 9.97 Å². The van der Waals surface area contributed by atoms with Gasteiger partial charge in [-0.05, 0) is 37.8 Å². The van der Waals surface area contributed by atoms with Gasteiger partial charge in [-0.25, -0.2) is 9.59 Å². The van der Waals surface area contributed by atoms with Crippen LogP contribution in [0.25, 0.3) is 0 Å². The lowest BCUT2D eigenvalue weighted by Gasteiger charge is -2.33. The summed E-state index contributed by atoms with van der Waals surface area (Å²) in [6.07, 6.45) is -0.390. The van der Waals surface area contributed by atoms with Crippen LogP contribution in [-0.2, 0) is 25.6 Å². The Morgan fingerprint density at radius 1 is 1.16 bits per heavy atom. The van der Waals surface area contributed by atoms with Crippen LogP contribution in [-0.4, -0.2) is 93.4 Å². The van der Waals surface area contributed by atoms with Crippen LogP contribution in [0.2, 0.25) is 5.82 Å². The number of carboxylic acids is 2. The number of likely N-dealkylation sites (N-methyl/N-ethyl adjacent to an activating group) is 1. The third kappa shape index (κ3) is 6.44. The molecule has 1 fully saturated rings. The number of benzene rings is 1. The minimum absolute atomic E-state index is 0.0203. The highest BCUT2D eigenvalue weighted by atomic mass is 16.5. The average molecular weight is 517 g/mol. The van der Waals surface area contributed by atoms with E-state index in [0.717, 1.165) is 0 Å². The van der Waals surface area contributed by atoms with Crippen molar-refractivity contribution in [3.05, 3.63) is 29.3 Å². The average Bonchev–Trinajstić information content (AvgIpc) is 2.84. The van der Waals surface area contributed by atoms with Gasteiger partial charge in [-0.15, -0.1) is 0 Å². The summed E-state index contributed by atoms with van der Waals surface area (Å²) in [6, 6.07) is 2.35. The van der Waals surface area contributed by atoms with Gasteiger partial charge in [-0.1, -0.05) is 12.1 Å². The highest BCUT2D eigenvalue weighted by Crippen LogP contribution is 2.36. The molecule has 2 heterocycles.